The molecule has 0 fully saturated rings. The molecule has 5 heteroatoms. The van der Waals surface area contributed by atoms with E-state index in [0.29, 0.717) is 0 Å². The van der Waals surface area contributed by atoms with Gasteiger partial charge in [0.05, 0.1) is 5.25 Å². The van der Waals surface area contributed by atoms with E-state index in [1.54, 1.807) is 23.1 Å². The Morgan fingerprint density at radius 3 is 3.05 bits per heavy atom. The number of thiophene rings is 1. The molecule has 2 nitrogen and oxygen atoms in total. The normalized spacial score (nSPS) is 16.7. The summed E-state index contributed by atoms with van der Waals surface area (Å²) in [6.45, 7) is 0.751. The van der Waals surface area contributed by atoms with Gasteiger partial charge in [-0.3, -0.25) is 4.79 Å². The summed E-state index contributed by atoms with van der Waals surface area (Å²) < 4.78 is 0. The number of amides is 1. The average molecular weight is 336 g/mol. The number of carbonyl (C=O) groups is 1. The topological polar surface area (TPSA) is 29.1 Å². The predicted molar refractivity (Wildman–Crippen MR) is 93.3 cm³/mol. The van der Waals surface area contributed by atoms with Crippen LogP contribution in [-0.4, -0.2) is 23.5 Å². The second kappa shape index (κ2) is 7.38. The molecule has 110 valence electrons. The van der Waals surface area contributed by atoms with Crippen molar-refractivity contribution in [2.75, 3.05) is 12.3 Å². The molecule has 1 N–H and O–H groups in total. The lowest BCUT2D eigenvalue weighted by Gasteiger charge is -2.09. The lowest BCUT2D eigenvalue weighted by atomic mass is 10.1. The SMILES string of the molecule is O=C(NCCSCc1ccsc1)C1Cc2ccccc2S1. The molecular weight excluding hydrogens is 318 g/mol. The smallest absolute Gasteiger partial charge is 0.233 e. The molecule has 1 aromatic carbocycles. The van der Waals surface area contributed by atoms with Gasteiger partial charge >= 0.3 is 0 Å². The van der Waals surface area contributed by atoms with Crippen LogP contribution in [0.4, 0.5) is 0 Å². The highest BCUT2D eigenvalue weighted by Crippen LogP contribution is 2.36. The second-order valence-corrected chi connectivity index (χ2v) is 8.02. The summed E-state index contributed by atoms with van der Waals surface area (Å²) in [5, 5.41) is 7.39. The van der Waals surface area contributed by atoms with E-state index in [9.17, 15) is 4.79 Å². The number of thioether (sulfide) groups is 2. The first-order chi connectivity index (χ1) is 10.3. The van der Waals surface area contributed by atoms with Crippen LogP contribution >= 0.6 is 34.9 Å². The number of hydrogen-bond donors (Lipinski definition) is 1. The maximum absolute atomic E-state index is 12.2. The van der Waals surface area contributed by atoms with Gasteiger partial charge in [-0.25, -0.2) is 0 Å². The minimum absolute atomic E-state index is 0.0456. The van der Waals surface area contributed by atoms with Gasteiger partial charge in [0.1, 0.15) is 0 Å². The van der Waals surface area contributed by atoms with Gasteiger partial charge in [0, 0.05) is 22.9 Å². The summed E-state index contributed by atoms with van der Waals surface area (Å²) in [5.41, 5.74) is 2.67. The first-order valence-electron chi connectivity index (χ1n) is 6.94. The zero-order chi connectivity index (χ0) is 14.5. The molecule has 1 atom stereocenters. The molecule has 1 unspecified atom stereocenters. The highest BCUT2D eigenvalue weighted by molar-refractivity contribution is 8.01. The Hall–Kier alpha value is -0.910. The van der Waals surface area contributed by atoms with E-state index in [1.807, 2.05) is 23.9 Å². The number of benzene rings is 1. The largest absolute Gasteiger partial charge is 0.354 e. The summed E-state index contributed by atoms with van der Waals surface area (Å²) in [6, 6.07) is 10.5. The van der Waals surface area contributed by atoms with Gasteiger partial charge in [-0.2, -0.15) is 23.1 Å². The zero-order valence-electron chi connectivity index (χ0n) is 11.6. The first-order valence-corrected chi connectivity index (χ1v) is 9.92. The molecule has 2 aromatic rings. The molecular formula is C16H17NOS3. The lowest BCUT2D eigenvalue weighted by molar-refractivity contribution is -0.120. The fraction of sp³-hybridized carbons (Fsp3) is 0.312. The Morgan fingerprint density at radius 1 is 1.33 bits per heavy atom. The summed E-state index contributed by atoms with van der Waals surface area (Å²) in [7, 11) is 0. The van der Waals surface area contributed by atoms with Crippen molar-refractivity contribution in [3.63, 3.8) is 0 Å². The van der Waals surface area contributed by atoms with Gasteiger partial charge in [-0.05, 0) is 40.4 Å². The third-order valence-corrected chi connectivity index (χ3v) is 6.41. The van der Waals surface area contributed by atoms with Crippen molar-refractivity contribution < 1.29 is 4.79 Å². The van der Waals surface area contributed by atoms with E-state index in [1.165, 1.54) is 16.0 Å². The molecule has 1 aromatic heterocycles. The highest BCUT2D eigenvalue weighted by atomic mass is 32.2. The van der Waals surface area contributed by atoms with Crippen LogP contribution in [0.5, 0.6) is 0 Å². The van der Waals surface area contributed by atoms with E-state index in [0.717, 1.165) is 24.5 Å². The van der Waals surface area contributed by atoms with Crippen LogP contribution in [0.15, 0.2) is 46.0 Å². The standard InChI is InChI=1S/C16H17NOS3/c18-16(15-9-13-3-1-2-4-14(13)21-15)17-6-8-20-11-12-5-7-19-10-12/h1-5,7,10,15H,6,8-9,11H2,(H,17,18). The predicted octanol–water partition coefficient (Wildman–Crippen LogP) is 3.81. The fourth-order valence-electron chi connectivity index (χ4n) is 2.25. The van der Waals surface area contributed by atoms with Crippen LogP contribution in [0.25, 0.3) is 0 Å². The molecule has 0 bridgehead atoms. The Balaban J connectivity index is 1.36. The number of rotatable bonds is 6. The quantitative estimate of drug-likeness (QED) is 0.814. The van der Waals surface area contributed by atoms with E-state index in [4.69, 9.17) is 0 Å². The van der Waals surface area contributed by atoms with Crippen LogP contribution in [0.1, 0.15) is 11.1 Å². The summed E-state index contributed by atoms with van der Waals surface area (Å²) >= 11 is 5.29. The van der Waals surface area contributed by atoms with Gasteiger partial charge in [-0.15, -0.1) is 11.8 Å². The third kappa shape index (κ3) is 4.05. The van der Waals surface area contributed by atoms with Crippen molar-refractivity contribution in [1.29, 1.82) is 0 Å². The molecule has 1 aliphatic rings. The molecule has 2 heterocycles. The van der Waals surface area contributed by atoms with Gasteiger partial charge in [-0.1, -0.05) is 18.2 Å². The lowest BCUT2D eigenvalue weighted by Crippen LogP contribution is -2.33. The molecule has 0 saturated heterocycles. The van der Waals surface area contributed by atoms with Gasteiger partial charge in [0.2, 0.25) is 5.91 Å². The molecule has 0 aliphatic carbocycles. The first kappa shape index (κ1) is 15.0. The molecule has 1 aliphatic heterocycles. The Kier molecular flexibility index (Phi) is 5.27. The Morgan fingerprint density at radius 2 is 2.24 bits per heavy atom. The molecule has 1 amide bonds. The zero-order valence-corrected chi connectivity index (χ0v) is 14.0. The Labute approximate surface area is 137 Å². The molecule has 3 rings (SSSR count). The van der Waals surface area contributed by atoms with Gasteiger partial charge in [0.15, 0.2) is 0 Å². The highest BCUT2D eigenvalue weighted by Gasteiger charge is 2.27. The average Bonchev–Trinajstić information content (AvgIpc) is 3.15. The molecule has 0 spiro atoms. The van der Waals surface area contributed by atoms with Crippen molar-refractivity contribution >= 4 is 40.8 Å². The Bertz CT molecular complexity index is 572. The van der Waals surface area contributed by atoms with Crippen LogP contribution in [0.3, 0.4) is 0 Å². The van der Waals surface area contributed by atoms with Crippen LogP contribution in [-0.2, 0) is 17.0 Å². The monoisotopic (exact) mass is 335 g/mol. The van der Waals surface area contributed by atoms with Crippen molar-refractivity contribution in [1.82, 2.24) is 5.32 Å². The van der Waals surface area contributed by atoms with Crippen molar-refractivity contribution in [3.05, 3.63) is 52.2 Å². The summed E-state index contributed by atoms with van der Waals surface area (Å²) in [4.78, 5) is 13.4. The fourth-order valence-corrected chi connectivity index (χ4v) is 5.05. The molecule has 21 heavy (non-hydrogen) atoms. The number of nitrogens with one attached hydrogen (secondary N) is 1. The third-order valence-electron chi connectivity index (χ3n) is 3.33. The maximum Gasteiger partial charge on any atom is 0.233 e. The van der Waals surface area contributed by atoms with Crippen LogP contribution in [0, 0.1) is 0 Å². The van der Waals surface area contributed by atoms with Crippen molar-refractivity contribution in [3.8, 4) is 0 Å². The second-order valence-electron chi connectivity index (χ2n) is 4.89. The van der Waals surface area contributed by atoms with Crippen LogP contribution < -0.4 is 5.32 Å². The summed E-state index contributed by atoms with van der Waals surface area (Å²) in [5.74, 6) is 2.17. The number of hydrogen-bond acceptors (Lipinski definition) is 4. The minimum Gasteiger partial charge on any atom is -0.354 e. The van der Waals surface area contributed by atoms with Gasteiger partial charge < -0.3 is 5.32 Å². The minimum atomic E-state index is 0.0456. The summed E-state index contributed by atoms with van der Waals surface area (Å²) in [6.07, 6.45) is 0.856. The number of carbonyl (C=O) groups excluding carboxylic acids is 1. The van der Waals surface area contributed by atoms with E-state index < -0.39 is 0 Å². The van der Waals surface area contributed by atoms with Crippen molar-refractivity contribution in [2.24, 2.45) is 0 Å². The maximum atomic E-state index is 12.2. The molecule has 0 saturated carbocycles. The van der Waals surface area contributed by atoms with Gasteiger partial charge in [0.25, 0.3) is 0 Å². The van der Waals surface area contributed by atoms with Crippen LogP contribution in [0.2, 0.25) is 0 Å². The van der Waals surface area contributed by atoms with E-state index in [-0.39, 0.29) is 11.2 Å². The van der Waals surface area contributed by atoms with E-state index >= 15 is 0 Å². The molecule has 0 radical (unpaired) electrons. The van der Waals surface area contributed by atoms with E-state index in [2.05, 4.69) is 34.3 Å². The van der Waals surface area contributed by atoms with Crippen molar-refractivity contribution in [2.45, 2.75) is 22.3 Å². The number of fused-ring (bicyclic) bond motifs is 1.